The van der Waals surface area contributed by atoms with Crippen molar-refractivity contribution >= 4 is 15.9 Å². The Kier molecular flexibility index (Phi) is 5.48. The lowest BCUT2D eigenvalue weighted by Gasteiger charge is -2.21. The Morgan fingerprint density at radius 3 is 2.68 bits per heavy atom. The summed E-state index contributed by atoms with van der Waals surface area (Å²) in [6, 6.07) is 4.03. The van der Waals surface area contributed by atoms with E-state index in [1.165, 1.54) is 12.0 Å². The van der Waals surface area contributed by atoms with Gasteiger partial charge in [-0.05, 0) is 47.6 Å². The quantitative estimate of drug-likeness (QED) is 0.919. The summed E-state index contributed by atoms with van der Waals surface area (Å²) < 4.78 is 11.8. The highest BCUT2D eigenvalue weighted by molar-refractivity contribution is 9.10. The third kappa shape index (κ3) is 3.84. The van der Waals surface area contributed by atoms with Gasteiger partial charge in [-0.3, -0.25) is 4.90 Å². The van der Waals surface area contributed by atoms with Gasteiger partial charge in [-0.1, -0.05) is 0 Å². The van der Waals surface area contributed by atoms with Crippen LogP contribution in [0, 0.1) is 0 Å². The lowest BCUT2D eigenvalue weighted by atomic mass is 10.1. The first-order valence-corrected chi connectivity index (χ1v) is 7.37. The van der Waals surface area contributed by atoms with Crippen molar-refractivity contribution in [3.05, 3.63) is 22.2 Å². The Morgan fingerprint density at radius 1 is 1.16 bits per heavy atom. The molecule has 0 aromatic heterocycles. The molecule has 1 heterocycles. The largest absolute Gasteiger partial charge is 0.496 e. The highest BCUT2D eigenvalue weighted by Crippen LogP contribution is 2.33. The molecule has 1 fully saturated rings. The van der Waals surface area contributed by atoms with Gasteiger partial charge in [0, 0.05) is 25.2 Å². The second-order valence-corrected chi connectivity index (χ2v) is 5.53. The third-order valence-electron chi connectivity index (χ3n) is 3.38. The van der Waals surface area contributed by atoms with E-state index < -0.39 is 0 Å². The summed E-state index contributed by atoms with van der Waals surface area (Å²) in [6.07, 6.45) is 1.19. The van der Waals surface area contributed by atoms with Crippen molar-refractivity contribution in [1.29, 1.82) is 0 Å². The van der Waals surface area contributed by atoms with Crippen molar-refractivity contribution < 1.29 is 9.47 Å². The van der Waals surface area contributed by atoms with Crippen LogP contribution in [-0.4, -0.2) is 45.3 Å². The molecule has 1 N–H and O–H groups in total. The smallest absolute Gasteiger partial charge is 0.133 e. The molecule has 2 rings (SSSR count). The van der Waals surface area contributed by atoms with E-state index in [2.05, 4.69) is 32.2 Å². The van der Waals surface area contributed by atoms with Gasteiger partial charge in [0.25, 0.3) is 0 Å². The van der Waals surface area contributed by atoms with E-state index in [1.54, 1.807) is 14.2 Å². The van der Waals surface area contributed by atoms with Gasteiger partial charge >= 0.3 is 0 Å². The number of hydrogen-bond donors (Lipinski definition) is 1. The molecule has 0 radical (unpaired) electrons. The van der Waals surface area contributed by atoms with Crippen LogP contribution in [-0.2, 0) is 6.54 Å². The van der Waals surface area contributed by atoms with Gasteiger partial charge in [0.05, 0.1) is 18.7 Å². The molecular weight excluding hydrogens is 308 g/mol. The number of nitrogens with zero attached hydrogens (tertiary/aromatic N) is 1. The fourth-order valence-electron chi connectivity index (χ4n) is 2.35. The molecule has 5 heteroatoms. The Labute approximate surface area is 123 Å². The zero-order valence-electron chi connectivity index (χ0n) is 11.5. The Balaban J connectivity index is 2.17. The van der Waals surface area contributed by atoms with E-state index >= 15 is 0 Å². The summed E-state index contributed by atoms with van der Waals surface area (Å²) in [5.41, 5.74) is 1.17. The zero-order valence-corrected chi connectivity index (χ0v) is 13.1. The van der Waals surface area contributed by atoms with E-state index in [1.807, 2.05) is 6.07 Å². The van der Waals surface area contributed by atoms with Crippen LogP contribution in [0.3, 0.4) is 0 Å². The maximum atomic E-state index is 5.47. The predicted molar refractivity (Wildman–Crippen MR) is 80.0 cm³/mol. The fourth-order valence-corrected chi connectivity index (χ4v) is 2.83. The highest BCUT2D eigenvalue weighted by Gasteiger charge is 2.14. The van der Waals surface area contributed by atoms with Gasteiger partial charge in [0.1, 0.15) is 11.5 Å². The molecule has 0 spiro atoms. The molecule has 1 saturated heterocycles. The Bertz CT molecular complexity index is 418. The first-order chi connectivity index (χ1) is 9.24. The SMILES string of the molecule is COc1cc(CN2CCCNCC2)c(OC)cc1Br. The van der Waals surface area contributed by atoms with Crippen molar-refractivity contribution in [2.24, 2.45) is 0 Å². The number of hydrogen-bond acceptors (Lipinski definition) is 4. The second-order valence-electron chi connectivity index (χ2n) is 4.68. The lowest BCUT2D eigenvalue weighted by molar-refractivity contribution is 0.278. The minimum atomic E-state index is 0.851. The molecule has 0 bridgehead atoms. The van der Waals surface area contributed by atoms with Gasteiger partial charge < -0.3 is 14.8 Å². The molecule has 1 aromatic rings. The van der Waals surface area contributed by atoms with Crippen molar-refractivity contribution in [2.45, 2.75) is 13.0 Å². The van der Waals surface area contributed by atoms with Crippen molar-refractivity contribution in [2.75, 3.05) is 40.4 Å². The van der Waals surface area contributed by atoms with Crippen LogP contribution in [0.5, 0.6) is 11.5 Å². The van der Waals surface area contributed by atoms with Gasteiger partial charge in [0.2, 0.25) is 0 Å². The molecule has 4 nitrogen and oxygen atoms in total. The number of ether oxygens (including phenoxy) is 2. The normalized spacial score (nSPS) is 17.0. The van der Waals surface area contributed by atoms with Crippen LogP contribution in [0.2, 0.25) is 0 Å². The molecule has 19 heavy (non-hydrogen) atoms. The maximum Gasteiger partial charge on any atom is 0.133 e. The summed E-state index contributed by atoms with van der Waals surface area (Å²) in [5, 5.41) is 3.42. The fraction of sp³-hybridized carbons (Fsp3) is 0.571. The minimum Gasteiger partial charge on any atom is -0.496 e. The van der Waals surface area contributed by atoms with E-state index in [0.717, 1.165) is 48.7 Å². The summed E-state index contributed by atoms with van der Waals surface area (Å²) >= 11 is 3.49. The molecule has 0 atom stereocenters. The topological polar surface area (TPSA) is 33.7 Å². The van der Waals surface area contributed by atoms with E-state index in [9.17, 15) is 0 Å². The summed E-state index contributed by atoms with van der Waals surface area (Å²) in [4.78, 5) is 2.45. The van der Waals surface area contributed by atoms with Crippen molar-refractivity contribution in [1.82, 2.24) is 10.2 Å². The lowest BCUT2D eigenvalue weighted by Crippen LogP contribution is -2.27. The van der Waals surface area contributed by atoms with Crippen molar-refractivity contribution in [3.63, 3.8) is 0 Å². The maximum absolute atomic E-state index is 5.47. The average molecular weight is 329 g/mol. The first kappa shape index (κ1) is 14.6. The molecule has 0 unspecified atom stereocenters. The van der Waals surface area contributed by atoms with Gasteiger partial charge in [-0.2, -0.15) is 0 Å². The third-order valence-corrected chi connectivity index (χ3v) is 4.00. The van der Waals surface area contributed by atoms with Crippen LogP contribution in [0.4, 0.5) is 0 Å². The molecule has 1 aromatic carbocycles. The van der Waals surface area contributed by atoms with Crippen LogP contribution in [0.1, 0.15) is 12.0 Å². The molecule has 1 aliphatic rings. The Morgan fingerprint density at radius 2 is 1.95 bits per heavy atom. The predicted octanol–water partition coefficient (Wildman–Crippen LogP) is 2.26. The Hall–Kier alpha value is -0.780. The summed E-state index contributed by atoms with van der Waals surface area (Å²) in [6.45, 7) is 5.25. The molecule has 0 aliphatic carbocycles. The molecule has 0 saturated carbocycles. The van der Waals surface area contributed by atoms with Crippen LogP contribution in [0.25, 0.3) is 0 Å². The molecular formula is C14H21BrN2O2. The number of methoxy groups -OCH3 is 2. The first-order valence-electron chi connectivity index (χ1n) is 6.58. The van der Waals surface area contributed by atoms with Gasteiger partial charge in [-0.25, -0.2) is 0 Å². The van der Waals surface area contributed by atoms with E-state index in [0.29, 0.717) is 0 Å². The molecule has 106 valence electrons. The minimum absolute atomic E-state index is 0.851. The molecule has 0 amide bonds. The number of benzene rings is 1. The van der Waals surface area contributed by atoms with Crippen LogP contribution < -0.4 is 14.8 Å². The summed E-state index contributed by atoms with van der Waals surface area (Å²) in [7, 11) is 3.40. The van der Waals surface area contributed by atoms with E-state index in [4.69, 9.17) is 9.47 Å². The van der Waals surface area contributed by atoms with E-state index in [-0.39, 0.29) is 0 Å². The monoisotopic (exact) mass is 328 g/mol. The van der Waals surface area contributed by atoms with Crippen LogP contribution >= 0.6 is 15.9 Å². The highest BCUT2D eigenvalue weighted by atomic mass is 79.9. The standard InChI is InChI=1S/C14H21BrN2O2/c1-18-13-9-12(15)14(19-2)8-11(13)10-17-6-3-4-16-5-7-17/h8-9,16H,3-7,10H2,1-2H3. The average Bonchev–Trinajstić information content (AvgIpc) is 2.69. The van der Waals surface area contributed by atoms with Gasteiger partial charge in [-0.15, -0.1) is 0 Å². The van der Waals surface area contributed by atoms with Crippen molar-refractivity contribution in [3.8, 4) is 11.5 Å². The molecule has 1 aliphatic heterocycles. The number of rotatable bonds is 4. The number of nitrogens with one attached hydrogen (secondary N) is 1. The van der Waals surface area contributed by atoms with Crippen LogP contribution in [0.15, 0.2) is 16.6 Å². The van der Waals surface area contributed by atoms with Gasteiger partial charge in [0.15, 0.2) is 0 Å². The number of halogens is 1. The zero-order chi connectivity index (χ0) is 13.7. The second kappa shape index (κ2) is 7.12. The summed E-state index contributed by atoms with van der Waals surface area (Å²) in [5.74, 6) is 1.76.